The number of nitrogens with zero attached hydrogens (tertiary/aromatic N) is 2. The van der Waals surface area contributed by atoms with E-state index in [1.807, 2.05) is 0 Å². The first-order chi connectivity index (χ1) is 4.81. The molecule has 0 amide bonds. The Hall–Kier alpha value is -1.47. The average molecular weight is 136 g/mol. The molecule has 0 aliphatic carbocycles. The van der Waals surface area contributed by atoms with Gasteiger partial charge in [0.2, 0.25) is 6.08 Å². The zero-order valence-electron chi connectivity index (χ0n) is 5.74. The van der Waals surface area contributed by atoms with Gasteiger partial charge in [0.25, 0.3) is 0 Å². The van der Waals surface area contributed by atoms with Crippen LogP contribution in [0.15, 0.2) is 34.5 Å². The van der Waals surface area contributed by atoms with Gasteiger partial charge in [-0.2, -0.15) is 4.99 Å². The largest absolute Gasteiger partial charge is 0.269 e. The first kappa shape index (κ1) is 8.53. The first-order valence-electron chi connectivity index (χ1n) is 2.72. The summed E-state index contributed by atoms with van der Waals surface area (Å²) in [6.45, 7) is 5.21. The zero-order valence-corrected chi connectivity index (χ0v) is 5.74. The van der Waals surface area contributed by atoms with E-state index < -0.39 is 0 Å². The lowest BCUT2D eigenvalue weighted by atomic mass is 10.5. The topological polar surface area (TPSA) is 41.8 Å². The number of isocyanates is 1. The Morgan fingerprint density at radius 3 is 2.90 bits per heavy atom. The van der Waals surface area contributed by atoms with Crippen molar-refractivity contribution in [1.29, 1.82) is 0 Å². The predicted molar refractivity (Wildman–Crippen MR) is 40.6 cm³/mol. The van der Waals surface area contributed by atoms with Crippen LogP contribution in [0.4, 0.5) is 0 Å². The number of carbonyl (C=O) groups excluding carboxylic acids is 1. The fourth-order valence-electron chi connectivity index (χ4n) is 0.311. The van der Waals surface area contributed by atoms with Crippen LogP contribution in [0, 0.1) is 0 Å². The van der Waals surface area contributed by atoms with Crippen LogP contribution in [-0.2, 0) is 4.79 Å². The van der Waals surface area contributed by atoms with E-state index in [4.69, 9.17) is 0 Å². The summed E-state index contributed by atoms with van der Waals surface area (Å²) < 4.78 is 0. The maximum atomic E-state index is 9.62. The Bertz CT molecular complexity index is 210. The molecular weight excluding hydrogens is 128 g/mol. The molecule has 0 N–H and O–H groups in total. The second-order valence-electron chi connectivity index (χ2n) is 1.42. The molecule has 0 aromatic carbocycles. The molecule has 52 valence electrons. The summed E-state index contributed by atoms with van der Waals surface area (Å²) in [5.74, 6) is 0. The van der Waals surface area contributed by atoms with E-state index in [9.17, 15) is 4.79 Å². The van der Waals surface area contributed by atoms with Gasteiger partial charge in [0, 0.05) is 12.4 Å². The van der Waals surface area contributed by atoms with Gasteiger partial charge in [0.15, 0.2) is 0 Å². The highest BCUT2D eigenvalue weighted by Crippen LogP contribution is 1.91. The van der Waals surface area contributed by atoms with Crippen LogP contribution < -0.4 is 0 Å². The van der Waals surface area contributed by atoms with E-state index in [0.717, 1.165) is 0 Å². The van der Waals surface area contributed by atoms with Gasteiger partial charge in [-0.15, -0.1) is 0 Å². The summed E-state index contributed by atoms with van der Waals surface area (Å²) in [7, 11) is 0. The maximum Gasteiger partial charge on any atom is 0.240 e. The Labute approximate surface area is 59.5 Å². The van der Waals surface area contributed by atoms with E-state index in [0.29, 0.717) is 5.70 Å². The fraction of sp³-hybridized carbons (Fsp3) is 0.143. The van der Waals surface area contributed by atoms with Crippen molar-refractivity contribution in [3.63, 3.8) is 0 Å². The molecule has 0 aromatic heterocycles. The third-order valence-electron chi connectivity index (χ3n) is 0.691. The van der Waals surface area contributed by atoms with Crippen LogP contribution in [0.2, 0.25) is 0 Å². The Morgan fingerprint density at radius 2 is 2.40 bits per heavy atom. The number of rotatable bonds is 3. The molecule has 10 heavy (non-hydrogen) atoms. The lowest BCUT2D eigenvalue weighted by Gasteiger charge is -1.79. The molecule has 0 fully saturated rings. The number of hydrogen-bond acceptors (Lipinski definition) is 3. The second kappa shape index (κ2) is 5.66. The maximum absolute atomic E-state index is 9.62. The van der Waals surface area contributed by atoms with Crippen molar-refractivity contribution in [3.8, 4) is 0 Å². The molecule has 0 rings (SSSR count). The van der Waals surface area contributed by atoms with Crippen LogP contribution in [-0.4, -0.2) is 12.3 Å². The molecule has 0 bridgehead atoms. The van der Waals surface area contributed by atoms with Crippen molar-refractivity contribution >= 4 is 12.3 Å². The molecule has 0 aromatic rings. The quantitative estimate of drug-likeness (QED) is 0.329. The molecule has 0 atom stereocenters. The second-order valence-corrected chi connectivity index (χ2v) is 1.42. The van der Waals surface area contributed by atoms with Gasteiger partial charge < -0.3 is 0 Å². The van der Waals surface area contributed by atoms with E-state index in [2.05, 4.69) is 16.6 Å². The molecule has 0 spiro atoms. The summed E-state index contributed by atoms with van der Waals surface area (Å²) >= 11 is 0. The molecule has 0 saturated carbocycles. The molecule has 3 heteroatoms. The summed E-state index contributed by atoms with van der Waals surface area (Å²) in [5.41, 5.74) is 0.348. The minimum atomic E-state index is 0.348. The third kappa shape index (κ3) is 4.68. The third-order valence-corrected chi connectivity index (χ3v) is 0.691. The number of aliphatic imine (C=N–C) groups is 2. The summed E-state index contributed by atoms with van der Waals surface area (Å²) in [5, 5.41) is 0. The highest BCUT2D eigenvalue weighted by molar-refractivity contribution is 5.54. The van der Waals surface area contributed by atoms with Gasteiger partial charge in [-0.25, -0.2) is 4.79 Å². The molecule has 0 aliphatic heterocycles. The fourth-order valence-corrected chi connectivity index (χ4v) is 0.311. The molecule has 0 unspecified atom stereocenters. The lowest BCUT2D eigenvalue weighted by molar-refractivity contribution is 0.565. The Balaban J connectivity index is 3.89. The van der Waals surface area contributed by atoms with Gasteiger partial charge in [-0.05, 0) is 13.0 Å². The van der Waals surface area contributed by atoms with E-state index >= 15 is 0 Å². The van der Waals surface area contributed by atoms with Gasteiger partial charge >= 0.3 is 0 Å². The Morgan fingerprint density at radius 1 is 1.70 bits per heavy atom. The highest BCUT2D eigenvalue weighted by atomic mass is 16.1. The molecule has 3 nitrogen and oxygen atoms in total. The smallest absolute Gasteiger partial charge is 0.240 e. The van der Waals surface area contributed by atoms with Crippen molar-refractivity contribution in [1.82, 2.24) is 0 Å². The van der Waals surface area contributed by atoms with E-state index in [-0.39, 0.29) is 0 Å². The normalized spacial score (nSPS) is 10.1. The number of allylic oxidation sites excluding steroid dienone is 1. The predicted octanol–water partition coefficient (Wildman–Crippen LogP) is 1.44. The summed E-state index contributed by atoms with van der Waals surface area (Å²) in [4.78, 5) is 16.6. The van der Waals surface area contributed by atoms with Gasteiger partial charge in [-0.3, -0.25) is 4.99 Å². The average Bonchev–Trinajstić information content (AvgIpc) is 1.89. The van der Waals surface area contributed by atoms with Crippen molar-refractivity contribution < 1.29 is 4.79 Å². The molecular formula is C7H8N2O. The van der Waals surface area contributed by atoms with Gasteiger partial charge in [0.05, 0.1) is 5.70 Å². The molecule has 0 saturated heterocycles. The first-order valence-corrected chi connectivity index (χ1v) is 2.72. The van der Waals surface area contributed by atoms with E-state index in [1.165, 1.54) is 18.4 Å². The zero-order chi connectivity index (χ0) is 7.82. The highest BCUT2D eigenvalue weighted by Gasteiger charge is 1.76. The summed E-state index contributed by atoms with van der Waals surface area (Å²) in [6, 6.07) is 0. The molecule has 0 radical (unpaired) electrons. The van der Waals surface area contributed by atoms with Crippen molar-refractivity contribution in [2.24, 2.45) is 9.98 Å². The Kier molecular flexibility index (Phi) is 4.83. The van der Waals surface area contributed by atoms with Crippen molar-refractivity contribution in [2.45, 2.75) is 6.92 Å². The molecule has 0 heterocycles. The monoisotopic (exact) mass is 136 g/mol. The molecule has 0 aliphatic rings. The minimum Gasteiger partial charge on any atom is -0.269 e. The number of hydrogen-bond donors (Lipinski definition) is 0. The van der Waals surface area contributed by atoms with Crippen LogP contribution in [0.5, 0.6) is 0 Å². The summed E-state index contributed by atoms with van der Waals surface area (Å²) in [6.07, 6.45) is 6.01. The van der Waals surface area contributed by atoms with Crippen LogP contribution in [0.3, 0.4) is 0 Å². The van der Waals surface area contributed by atoms with Crippen molar-refractivity contribution in [3.05, 3.63) is 24.6 Å². The standard InChI is InChI=1S/C7H8N2O/c1-3-8-5-4-7(2)9-6-10/h3-5H,2H2,1H3/b5-4-,8-3-. The van der Waals surface area contributed by atoms with Crippen molar-refractivity contribution in [2.75, 3.05) is 0 Å². The minimum absolute atomic E-state index is 0.348. The lowest BCUT2D eigenvalue weighted by Crippen LogP contribution is -1.64. The van der Waals surface area contributed by atoms with Crippen LogP contribution in [0.1, 0.15) is 6.92 Å². The van der Waals surface area contributed by atoms with Gasteiger partial charge in [0.1, 0.15) is 0 Å². The van der Waals surface area contributed by atoms with Crippen LogP contribution >= 0.6 is 0 Å². The SMILES string of the molecule is C=C(/C=C\N=C/C)N=C=O. The van der Waals surface area contributed by atoms with E-state index in [1.54, 1.807) is 13.1 Å². The van der Waals surface area contributed by atoms with Crippen LogP contribution in [0.25, 0.3) is 0 Å². The van der Waals surface area contributed by atoms with Gasteiger partial charge in [-0.1, -0.05) is 6.58 Å².